The van der Waals surface area contributed by atoms with Crippen LogP contribution in [0.15, 0.2) is 30.5 Å². The van der Waals surface area contributed by atoms with Crippen LogP contribution in [0.3, 0.4) is 0 Å². The van der Waals surface area contributed by atoms with Gasteiger partial charge in [-0.1, -0.05) is 20.8 Å². The molecule has 1 saturated heterocycles. The van der Waals surface area contributed by atoms with Crippen molar-refractivity contribution in [2.24, 2.45) is 0 Å². The Balaban J connectivity index is 1.53. The van der Waals surface area contributed by atoms with Gasteiger partial charge in [-0.15, -0.1) is 0 Å². The summed E-state index contributed by atoms with van der Waals surface area (Å²) in [6.45, 7) is 16.0. The zero-order chi connectivity index (χ0) is 31.4. The van der Waals surface area contributed by atoms with Gasteiger partial charge in [0.2, 0.25) is 8.32 Å². The average Bonchev–Trinajstić information content (AvgIpc) is 3.29. The topological polar surface area (TPSA) is 124 Å². The molecule has 1 aliphatic heterocycles. The van der Waals surface area contributed by atoms with Gasteiger partial charge in [-0.2, -0.15) is 18.5 Å². The highest BCUT2D eigenvalue weighted by molar-refractivity contribution is 7.86. The normalized spacial score (nSPS) is 18.0. The van der Waals surface area contributed by atoms with Crippen molar-refractivity contribution in [3.63, 3.8) is 0 Å². The monoisotopic (exact) mass is 634 g/mol. The molecule has 2 aromatic heterocycles. The minimum absolute atomic E-state index is 0.0623. The summed E-state index contributed by atoms with van der Waals surface area (Å²) in [5, 5.41) is 6.00. The number of aromatic nitrogens is 4. The van der Waals surface area contributed by atoms with Crippen LogP contribution in [-0.4, -0.2) is 74.8 Å². The van der Waals surface area contributed by atoms with Gasteiger partial charge in [-0.25, -0.2) is 9.67 Å². The van der Waals surface area contributed by atoms with Gasteiger partial charge in [0.1, 0.15) is 18.1 Å². The van der Waals surface area contributed by atoms with Crippen LogP contribution in [0.2, 0.25) is 18.1 Å². The molecule has 4 rings (SSSR count). The summed E-state index contributed by atoms with van der Waals surface area (Å²) in [4.78, 5) is 8.99. The molecule has 3 heterocycles. The van der Waals surface area contributed by atoms with Gasteiger partial charge < -0.3 is 18.6 Å². The minimum Gasteiger partial charge on any atom is -0.543 e. The number of ether oxygens (including phenoxy) is 3. The second-order valence-electron chi connectivity index (χ2n) is 12.8. The number of fused-ring (bicyclic) bond motifs is 1. The average molecular weight is 635 g/mol. The molecule has 0 bridgehead atoms. The summed E-state index contributed by atoms with van der Waals surface area (Å²) in [6, 6.07) is 8.19. The Morgan fingerprint density at radius 3 is 2.58 bits per heavy atom. The van der Waals surface area contributed by atoms with Gasteiger partial charge in [0.25, 0.3) is 10.1 Å². The lowest BCUT2D eigenvalue weighted by Crippen LogP contribution is -2.43. The molecule has 3 aromatic rings. The Hall–Kier alpha value is -2.58. The van der Waals surface area contributed by atoms with Gasteiger partial charge in [0.15, 0.2) is 6.23 Å². The largest absolute Gasteiger partial charge is 0.543 e. The van der Waals surface area contributed by atoms with Crippen molar-refractivity contribution in [1.29, 1.82) is 0 Å². The highest BCUT2D eigenvalue weighted by Crippen LogP contribution is 2.39. The van der Waals surface area contributed by atoms with Crippen LogP contribution < -0.4 is 9.16 Å². The Morgan fingerprint density at radius 1 is 1.14 bits per heavy atom. The number of hydrogen-bond acceptors (Lipinski definition) is 10. The zero-order valence-corrected chi connectivity index (χ0v) is 28.4. The minimum atomic E-state index is -3.50. The van der Waals surface area contributed by atoms with E-state index in [0.717, 1.165) is 42.2 Å². The lowest BCUT2D eigenvalue weighted by atomic mass is 10.1. The summed E-state index contributed by atoms with van der Waals surface area (Å²) in [5.74, 6) is 0.817. The van der Waals surface area contributed by atoms with E-state index < -0.39 is 24.5 Å². The Morgan fingerprint density at radius 2 is 1.91 bits per heavy atom. The van der Waals surface area contributed by atoms with E-state index in [1.54, 1.807) is 13.1 Å². The number of nitrogens with zero attached hydrogens (tertiary/aromatic N) is 4. The Bertz CT molecular complexity index is 1480. The third kappa shape index (κ3) is 8.97. The lowest BCUT2D eigenvalue weighted by Gasteiger charge is -2.36. The summed E-state index contributed by atoms with van der Waals surface area (Å²) >= 11 is 0. The van der Waals surface area contributed by atoms with E-state index in [9.17, 15) is 8.42 Å². The molecule has 1 aromatic carbocycles. The quantitative estimate of drug-likeness (QED) is 0.161. The van der Waals surface area contributed by atoms with Crippen molar-refractivity contribution in [2.45, 2.75) is 96.9 Å². The predicted octanol–water partition coefficient (Wildman–Crippen LogP) is 6.12. The van der Waals surface area contributed by atoms with E-state index in [2.05, 4.69) is 51.0 Å². The third-order valence-corrected chi connectivity index (χ3v) is 12.9. The van der Waals surface area contributed by atoms with E-state index in [-0.39, 0.29) is 30.0 Å². The van der Waals surface area contributed by atoms with E-state index >= 15 is 0 Å². The van der Waals surface area contributed by atoms with Crippen LogP contribution in [0.4, 0.5) is 0 Å². The molecule has 0 amide bonds. The molecule has 0 aliphatic carbocycles. The fourth-order valence-electron chi connectivity index (χ4n) is 4.52. The lowest BCUT2D eigenvalue weighted by molar-refractivity contribution is -0.0365. The predicted molar refractivity (Wildman–Crippen MR) is 168 cm³/mol. The maximum Gasteiger partial charge on any atom is 0.317 e. The summed E-state index contributed by atoms with van der Waals surface area (Å²) in [7, 11) is -5.55. The first-order chi connectivity index (χ1) is 20.1. The molecule has 0 radical (unpaired) electrons. The van der Waals surface area contributed by atoms with Crippen LogP contribution in [0.5, 0.6) is 11.8 Å². The van der Waals surface area contributed by atoms with Crippen molar-refractivity contribution in [3.05, 3.63) is 30.5 Å². The molecule has 0 spiro atoms. The molecular formula is C30H46N4O7SSi. The Labute approximate surface area is 256 Å². The fourth-order valence-corrected chi connectivity index (χ4v) is 6.24. The maximum absolute atomic E-state index is 11.3. The van der Waals surface area contributed by atoms with Gasteiger partial charge in [0.05, 0.1) is 29.7 Å². The molecule has 11 nitrogen and oxygen atoms in total. The zero-order valence-electron chi connectivity index (χ0n) is 26.6. The summed E-state index contributed by atoms with van der Waals surface area (Å²) in [6.07, 6.45) is 5.29. The SMILES string of the molecule is C[C@H](CCO[C@@H](C)COc1nccc(-c2nn(C3CCCCO3)c3ccc(O[Si](C)(C)C(C)(C)C)cc23)n1)OS(C)(=O)=O. The second kappa shape index (κ2) is 13.6. The van der Waals surface area contributed by atoms with E-state index in [1.165, 1.54) is 0 Å². The van der Waals surface area contributed by atoms with Gasteiger partial charge in [0, 0.05) is 24.8 Å². The third-order valence-electron chi connectivity index (χ3n) is 7.87. The maximum atomic E-state index is 11.3. The smallest absolute Gasteiger partial charge is 0.317 e. The molecule has 1 fully saturated rings. The van der Waals surface area contributed by atoms with Crippen molar-refractivity contribution >= 4 is 29.3 Å². The summed E-state index contributed by atoms with van der Waals surface area (Å²) < 4.78 is 53.9. The highest BCUT2D eigenvalue weighted by Gasteiger charge is 2.39. The first-order valence-corrected chi connectivity index (χ1v) is 19.6. The number of rotatable bonds is 13. The first kappa shape index (κ1) is 33.3. The number of hydrogen-bond donors (Lipinski definition) is 0. The van der Waals surface area contributed by atoms with Gasteiger partial charge in [-0.05, 0) is 81.9 Å². The Kier molecular flexibility index (Phi) is 10.5. The molecule has 1 unspecified atom stereocenters. The number of benzene rings is 1. The first-order valence-electron chi connectivity index (χ1n) is 14.9. The molecular weight excluding hydrogens is 589 g/mol. The molecule has 0 saturated carbocycles. The van der Waals surface area contributed by atoms with Crippen molar-refractivity contribution < 1.29 is 31.2 Å². The second-order valence-corrected chi connectivity index (χ2v) is 19.1. The van der Waals surface area contributed by atoms with E-state index in [4.69, 9.17) is 32.9 Å². The fraction of sp³-hybridized carbons (Fsp3) is 0.633. The molecule has 13 heteroatoms. The molecule has 0 N–H and O–H groups in total. The standard InChI is InChI=1S/C30H46N4O7SSi/c1-21(40-42(6,35)36)15-18-37-22(2)20-39-29-31-16-14-25(32-29)28-24-19-23(41-43(7,8)30(3,4)5)12-13-26(24)34(33-28)27-11-9-10-17-38-27/h12-14,16,19,21-22,27H,9-11,15,17-18,20H2,1-8H3/t21-,22+,27?/m1/s1. The highest BCUT2D eigenvalue weighted by atomic mass is 32.2. The molecule has 238 valence electrons. The van der Waals surface area contributed by atoms with Crippen LogP contribution >= 0.6 is 0 Å². The molecule has 43 heavy (non-hydrogen) atoms. The van der Waals surface area contributed by atoms with Gasteiger partial charge in [-0.3, -0.25) is 4.18 Å². The van der Waals surface area contributed by atoms with Crippen molar-refractivity contribution in [1.82, 2.24) is 19.7 Å². The molecule has 3 atom stereocenters. The molecule has 1 aliphatic rings. The van der Waals surface area contributed by atoms with Crippen LogP contribution in [0.25, 0.3) is 22.3 Å². The van der Waals surface area contributed by atoms with Crippen LogP contribution in [0, 0.1) is 0 Å². The van der Waals surface area contributed by atoms with E-state index in [1.807, 2.05) is 23.7 Å². The van der Waals surface area contributed by atoms with Crippen molar-refractivity contribution in [3.8, 4) is 23.1 Å². The van der Waals surface area contributed by atoms with Crippen LogP contribution in [0.1, 0.15) is 66.5 Å². The van der Waals surface area contributed by atoms with E-state index in [0.29, 0.717) is 31.0 Å². The van der Waals surface area contributed by atoms with Crippen molar-refractivity contribution in [2.75, 3.05) is 26.1 Å². The summed E-state index contributed by atoms with van der Waals surface area (Å²) in [5.41, 5.74) is 2.30. The van der Waals surface area contributed by atoms with Gasteiger partial charge >= 0.3 is 6.01 Å². The van der Waals surface area contributed by atoms with Crippen LogP contribution in [-0.2, 0) is 23.8 Å².